The molecule has 1 aliphatic heterocycles. The number of hydrogen-bond donors (Lipinski definition) is 2. The van der Waals surface area contributed by atoms with Crippen LogP contribution in [0.2, 0.25) is 0 Å². The number of aliphatic imine (C=N–C) groups is 1. The van der Waals surface area contributed by atoms with E-state index in [4.69, 9.17) is 0 Å². The molecular weight excluding hydrogens is 495 g/mol. The van der Waals surface area contributed by atoms with Gasteiger partial charge in [0.15, 0.2) is 5.96 Å². The zero-order valence-corrected chi connectivity index (χ0v) is 20.8. The molecule has 6 nitrogen and oxygen atoms in total. The van der Waals surface area contributed by atoms with Crippen LogP contribution in [0.25, 0.3) is 0 Å². The zero-order valence-electron chi connectivity index (χ0n) is 17.6. The van der Waals surface area contributed by atoms with E-state index in [0.717, 1.165) is 50.8 Å². The van der Waals surface area contributed by atoms with Gasteiger partial charge in [-0.15, -0.1) is 24.0 Å². The van der Waals surface area contributed by atoms with Crippen LogP contribution >= 0.6 is 35.7 Å². The molecule has 0 spiro atoms. The minimum Gasteiger partial charge on any atom is -0.370 e. The van der Waals surface area contributed by atoms with E-state index in [9.17, 15) is 0 Å². The number of guanidine groups is 1. The number of aryl methyl sites for hydroxylation is 3. The van der Waals surface area contributed by atoms with E-state index in [1.807, 2.05) is 25.7 Å². The van der Waals surface area contributed by atoms with Crippen LogP contribution in [0, 0.1) is 13.8 Å². The second-order valence-electron chi connectivity index (χ2n) is 7.12. The number of hydrogen-bond acceptors (Lipinski definition) is 4. The van der Waals surface area contributed by atoms with Crippen LogP contribution < -0.4 is 15.5 Å². The maximum Gasteiger partial charge on any atom is 0.191 e. The Labute approximate surface area is 195 Å². The topological polar surface area (TPSA) is 57.5 Å². The van der Waals surface area contributed by atoms with E-state index in [0.29, 0.717) is 0 Å². The molecule has 0 aliphatic carbocycles. The van der Waals surface area contributed by atoms with Crippen LogP contribution in [0.15, 0.2) is 35.3 Å². The molecule has 8 heteroatoms. The van der Waals surface area contributed by atoms with Gasteiger partial charge in [0.05, 0.1) is 5.69 Å². The normalized spacial score (nSPS) is 14.4. The first-order valence-electron chi connectivity index (χ1n) is 10.0. The van der Waals surface area contributed by atoms with Crippen molar-refractivity contribution in [1.82, 2.24) is 20.4 Å². The molecule has 0 amide bonds. The molecule has 0 atom stereocenters. The highest BCUT2D eigenvalue weighted by atomic mass is 127. The summed E-state index contributed by atoms with van der Waals surface area (Å²) in [7, 11) is 1.81. The molecule has 1 aromatic carbocycles. The lowest BCUT2D eigenvalue weighted by atomic mass is 10.2. The van der Waals surface area contributed by atoms with Crippen molar-refractivity contribution in [3.63, 3.8) is 0 Å². The van der Waals surface area contributed by atoms with Gasteiger partial charge in [-0.1, -0.05) is 12.1 Å². The van der Waals surface area contributed by atoms with Crippen molar-refractivity contribution >= 4 is 47.4 Å². The van der Waals surface area contributed by atoms with E-state index in [1.165, 1.54) is 28.5 Å². The Kier molecular flexibility index (Phi) is 10.1. The lowest BCUT2D eigenvalue weighted by Crippen LogP contribution is -2.37. The van der Waals surface area contributed by atoms with E-state index in [2.05, 4.69) is 67.6 Å². The molecule has 2 aromatic rings. The van der Waals surface area contributed by atoms with Gasteiger partial charge < -0.3 is 15.5 Å². The average Bonchev–Trinajstić information content (AvgIpc) is 3.05. The smallest absolute Gasteiger partial charge is 0.191 e. The molecule has 0 unspecified atom stereocenters. The minimum absolute atomic E-state index is 0. The Morgan fingerprint density at radius 2 is 1.86 bits per heavy atom. The van der Waals surface area contributed by atoms with Crippen molar-refractivity contribution in [2.75, 3.05) is 43.1 Å². The number of benzene rings is 1. The third kappa shape index (κ3) is 7.40. The molecule has 1 aromatic heterocycles. The van der Waals surface area contributed by atoms with Crippen molar-refractivity contribution in [3.05, 3.63) is 47.3 Å². The summed E-state index contributed by atoms with van der Waals surface area (Å²) >= 11 is 2.04. The number of rotatable bonds is 7. The van der Waals surface area contributed by atoms with E-state index >= 15 is 0 Å². The van der Waals surface area contributed by atoms with E-state index < -0.39 is 0 Å². The van der Waals surface area contributed by atoms with Crippen molar-refractivity contribution in [3.8, 4) is 0 Å². The highest BCUT2D eigenvalue weighted by Gasteiger charge is 2.10. The zero-order chi connectivity index (χ0) is 19.8. The van der Waals surface area contributed by atoms with Gasteiger partial charge in [-0.05, 0) is 44.0 Å². The monoisotopic (exact) mass is 528 g/mol. The van der Waals surface area contributed by atoms with Gasteiger partial charge in [-0.3, -0.25) is 9.67 Å². The summed E-state index contributed by atoms with van der Waals surface area (Å²) in [6, 6.07) is 11.0. The first kappa shape index (κ1) is 23.9. The summed E-state index contributed by atoms with van der Waals surface area (Å²) in [5.41, 5.74) is 4.89. The summed E-state index contributed by atoms with van der Waals surface area (Å²) in [6.45, 7) is 8.99. The van der Waals surface area contributed by atoms with Gasteiger partial charge in [0.2, 0.25) is 0 Å². The predicted molar refractivity (Wildman–Crippen MR) is 136 cm³/mol. The third-order valence-electron chi connectivity index (χ3n) is 4.94. The Balaban J connectivity index is 0.00000300. The Hall–Kier alpha value is -1.42. The summed E-state index contributed by atoms with van der Waals surface area (Å²) in [6.07, 6.45) is 1.01. The van der Waals surface area contributed by atoms with Crippen molar-refractivity contribution < 1.29 is 0 Å². The molecule has 0 radical (unpaired) electrons. The number of thioether (sulfide) groups is 1. The molecule has 2 N–H and O–H groups in total. The van der Waals surface area contributed by atoms with Crippen LogP contribution in [0.4, 0.5) is 5.69 Å². The number of anilines is 1. The average molecular weight is 529 g/mol. The fourth-order valence-electron chi connectivity index (χ4n) is 3.39. The molecule has 1 fully saturated rings. The first-order chi connectivity index (χ1) is 13.7. The van der Waals surface area contributed by atoms with Gasteiger partial charge in [0, 0.05) is 62.7 Å². The van der Waals surface area contributed by atoms with E-state index in [-0.39, 0.29) is 24.0 Å². The number of nitrogens with zero attached hydrogens (tertiary/aromatic N) is 4. The molecule has 0 saturated carbocycles. The standard InChI is InChI=1S/C21H32N6S.HI/c1-17-15-18(2)27(25-17)10-4-9-23-21(22-3)24-16-19-5-7-20(8-6-19)26-11-13-28-14-12-26;/h5-8,15H,4,9-14,16H2,1-3H3,(H2,22,23,24);1H. The summed E-state index contributed by atoms with van der Waals surface area (Å²) in [4.78, 5) is 6.79. The van der Waals surface area contributed by atoms with Gasteiger partial charge >= 0.3 is 0 Å². The van der Waals surface area contributed by atoms with Gasteiger partial charge in [-0.25, -0.2) is 0 Å². The SMILES string of the molecule is CN=C(NCCCn1nc(C)cc1C)NCc1ccc(N2CCSCC2)cc1.I. The summed E-state index contributed by atoms with van der Waals surface area (Å²) in [5, 5.41) is 11.3. The van der Waals surface area contributed by atoms with Crippen molar-refractivity contribution in [1.29, 1.82) is 0 Å². The minimum atomic E-state index is 0. The number of halogens is 1. The predicted octanol–water partition coefficient (Wildman–Crippen LogP) is 3.43. The fraction of sp³-hybridized carbons (Fsp3) is 0.524. The molecule has 29 heavy (non-hydrogen) atoms. The van der Waals surface area contributed by atoms with Crippen LogP contribution in [-0.4, -0.2) is 53.9 Å². The highest BCUT2D eigenvalue weighted by Crippen LogP contribution is 2.19. The largest absolute Gasteiger partial charge is 0.370 e. The van der Waals surface area contributed by atoms with Crippen LogP contribution in [0.3, 0.4) is 0 Å². The van der Waals surface area contributed by atoms with Gasteiger partial charge in [0.25, 0.3) is 0 Å². The molecule has 0 bridgehead atoms. The number of aromatic nitrogens is 2. The summed E-state index contributed by atoms with van der Waals surface area (Å²) < 4.78 is 2.07. The number of nitrogens with one attached hydrogen (secondary N) is 2. The molecule has 1 aliphatic rings. The highest BCUT2D eigenvalue weighted by molar-refractivity contribution is 14.0. The molecular formula is C21H33IN6S. The summed E-state index contributed by atoms with van der Waals surface area (Å²) in [5.74, 6) is 3.29. The van der Waals surface area contributed by atoms with Crippen LogP contribution in [0.1, 0.15) is 23.4 Å². The Bertz CT molecular complexity index is 768. The van der Waals surface area contributed by atoms with Crippen LogP contribution in [0.5, 0.6) is 0 Å². The van der Waals surface area contributed by atoms with Gasteiger partial charge in [-0.2, -0.15) is 16.9 Å². The van der Waals surface area contributed by atoms with Crippen molar-refractivity contribution in [2.24, 2.45) is 4.99 Å². The first-order valence-corrected chi connectivity index (χ1v) is 11.2. The molecule has 1 saturated heterocycles. The fourth-order valence-corrected chi connectivity index (χ4v) is 4.29. The molecule has 2 heterocycles. The maximum absolute atomic E-state index is 4.50. The lowest BCUT2D eigenvalue weighted by Gasteiger charge is -2.28. The lowest BCUT2D eigenvalue weighted by molar-refractivity contribution is 0.555. The Morgan fingerprint density at radius 1 is 1.14 bits per heavy atom. The molecule has 160 valence electrons. The molecule has 3 rings (SSSR count). The van der Waals surface area contributed by atoms with E-state index in [1.54, 1.807) is 0 Å². The Morgan fingerprint density at radius 3 is 2.48 bits per heavy atom. The third-order valence-corrected chi connectivity index (χ3v) is 5.88. The maximum atomic E-state index is 4.50. The van der Waals surface area contributed by atoms with Crippen molar-refractivity contribution in [2.45, 2.75) is 33.4 Å². The van der Waals surface area contributed by atoms with Crippen LogP contribution in [-0.2, 0) is 13.1 Å². The second kappa shape index (κ2) is 12.3. The second-order valence-corrected chi connectivity index (χ2v) is 8.35. The quantitative estimate of drug-likeness (QED) is 0.250. The van der Waals surface area contributed by atoms with Gasteiger partial charge in [0.1, 0.15) is 0 Å².